The van der Waals surface area contributed by atoms with E-state index in [4.69, 9.17) is 0 Å². The van der Waals surface area contributed by atoms with Crippen molar-refractivity contribution < 1.29 is 13.6 Å². The summed E-state index contributed by atoms with van der Waals surface area (Å²) in [6.07, 6.45) is 3.89. The summed E-state index contributed by atoms with van der Waals surface area (Å²) in [4.78, 5) is 12.0. The predicted molar refractivity (Wildman–Crippen MR) is 65.3 cm³/mol. The summed E-state index contributed by atoms with van der Waals surface area (Å²) in [6.45, 7) is 0. The molecule has 100 valence electrons. The molecule has 2 rings (SSSR count). The Morgan fingerprint density at radius 3 is 2.53 bits per heavy atom. The van der Waals surface area contributed by atoms with Gasteiger partial charge in [0.25, 0.3) is 5.91 Å². The van der Waals surface area contributed by atoms with Crippen molar-refractivity contribution in [2.24, 2.45) is 0 Å². The summed E-state index contributed by atoms with van der Waals surface area (Å²) in [6, 6.07) is 4.90. The minimum absolute atomic E-state index is 0.235. The van der Waals surface area contributed by atoms with Gasteiger partial charge in [-0.3, -0.25) is 4.79 Å². The number of hydrogen-bond donors (Lipinski definition) is 1. The van der Waals surface area contributed by atoms with Crippen LogP contribution >= 0.6 is 0 Å². The maximum atomic E-state index is 13.5. The van der Waals surface area contributed by atoms with Gasteiger partial charge in [-0.2, -0.15) is 5.26 Å². The number of carbonyl (C=O) groups excluding carboxylic acids is 1. The Morgan fingerprint density at radius 1 is 1.26 bits per heavy atom. The smallest absolute Gasteiger partial charge is 0.255 e. The highest BCUT2D eigenvalue weighted by Crippen LogP contribution is 2.28. The molecule has 0 aromatic heterocycles. The number of carbonyl (C=O) groups is 1. The number of nitrogens with zero attached hydrogens (tertiary/aromatic N) is 1. The van der Waals surface area contributed by atoms with Crippen molar-refractivity contribution in [3.05, 3.63) is 35.4 Å². The number of amides is 1. The molecule has 0 unspecified atom stereocenters. The average Bonchev–Trinajstić information content (AvgIpc) is 2.39. The lowest BCUT2D eigenvalue weighted by atomic mass is 9.82. The summed E-state index contributed by atoms with van der Waals surface area (Å²) in [7, 11) is 0. The predicted octanol–water partition coefficient (Wildman–Crippen LogP) is 2.92. The molecule has 0 saturated heterocycles. The van der Waals surface area contributed by atoms with E-state index < -0.39 is 23.1 Å². The molecule has 0 aliphatic heterocycles. The van der Waals surface area contributed by atoms with E-state index in [0.29, 0.717) is 18.9 Å². The molecule has 1 amide bonds. The van der Waals surface area contributed by atoms with Gasteiger partial charge in [-0.1, -0.05) is 19.3 Å². The van der Waals surface area contributed by atoms with E-state index in [1.165, 1.54) is 0 Å². The Labute approximate surface area is 110 Å². The third-order valence-electron chi connectivity index (χ3n) is 3.45. The normalized spacial score (nSPS) is 17.5. The second-order valence-electron chi connectivity index (χ2n) is 4.83. The van der Waals surface area contributed by atoms with E-state index in [1.807, 2.05) is 0 Å². The molecule has 0 spiro atoms. The van der Waals surface area contributed by atoms with Crippen LogP contribution in [0.15, 0.2) is 18.2 Å². The number of nitriles is 1. The van der Waals surface area contributed by atoms with Crippen LogP contribution in [0.3, 0.4) is 0 Å². The van der Waals surface area contributed by atoms with Gasteiger partial charge in [0, 0.05) is 6.07 Å². The van der Waals surface area contributed by atoms with E-state index in [-0.39, 0.29) is 5.56 Å². The molecule has 5 heteroatoms. The monoisotopic (exact) mass is 264 g/mol. The number of halogens is 2. The molecule has 1 aromatic carbocycles. The zero-order valence-corrected chi connectivity index (χ0v) is 10.4. The lowest BCUT2D eigenvalue weighted by molar-refractivity contribution is 0.0898. The van der Waals surface area contributed by atoms with Crippen molar-refractivity contribution >= 4 is 5.91 Å². The van der Waals surface area contributed by atoms with Crippen molar-refractivity contribution in [2.45, 2.75) is 37.6 Å². The molecule has 0 atom stereocenters. The molecular weight excluding hydrogens is 250 g/mol. The summed E-state index contributed by atoms with van der Waals surface area (Å²) >= 11 is 0. The summed E-state index contributed by atoms with van der Waals surface area (Å²) in [5.41, 5.74) is -1.16. The maximum Gasteiger partial charge on any atom is 0.255 e. The first-order valence-electron chi connectivity index (χ1n) is 6.25. The fourth-order valence-electron chi connectivity index (χ4n) is 2.38. The highest BCUT2D eigenvalue weighted by Gasteiger charge is 2.34. The quantitative estimate of drug-likeness (QED) is 0.892. The highest BCUT2D eigenvalue weighted by atomic mass is 19.1. The first-order chi connectivity index (χ1) is 9.06. The Balaban J connectivity index is 2.18. The van der Waals surface area contributed by atoms with Gasteiger partial charge in [0.15, 0.2) is 0 Å². The van der Waals surface area contributed by atoms with Crippen LogP contribution in [0, 0.1) is 23.0 Å². The molecule has 0 radical (unpaired) electrons. The maximum absolute atomic E-state index is 13.5. The third kappa shape index (κ3) is 2.90. The lowest BCUT2D eigenvalue weighted by Crippen LogP contribution is -2.48. The van der Waals surface area contributed by atoms with Gasteiger partial charge in [0.05, 0.1) is 11.6 Å². The molecule has 3 nitrogen and oxygen atoms in total. The van der Waals surface area contributed by atoms with Crippen LogP contribution < -0.4 is 5.32 Å². The van der Waals surface area contributed by atoms with E-state index in [2.05, 4.69) is 11.4 Å². The van der Waals surface area contributed by atoms with Crippen LogP contribution in [-0.2, 0) is 0 Å². The standard InChI is InChI=1S/C14H14F2N2O/c15-10-4-5-11(12(16)8-10)13(19)18-14(9-17)6-2-1-3-7-14/h4-5,8H,1-3,6-7H2,(H,18,19). The van der Waals surface area contributed by atoms with Crippen molar-refractivity contribution in [2.75, 3.05) is 0 Å². The van der Waals surface area contributed by atoms with E-state index in [1.54, 1.807) is 0 Å². The fraction of sp³-hybridized carbons (Fsp3) is 0.429. The summed E-state index contributed by atoms with van der Waals surface area (Å²) < 4.78 is 26.3. The molecule has 1 aromatic rings. The molecule has 1 aliphatic carbocycles. The SMILES string of the molecule is N#CC1(NC(=O)c2ccc(F)cc2F)CCCCC1. The Hall–Kier alpha value is -1.96. The zero-order chi connectivity index (χ0) is 13.9. The third-order valence-corrected chi connectivity index (χ3v) is 3.45. The van der Waals surface area contributed by atoms with Gasteiger partial charge in [-0.15, -0.1) is 0 Å². The second kappa shape index (κ2) is 5.35. The van der Waals surface area contributed by atoms with E-state index in [0.717, 1.165) is 31.4 Å². The highest BCUT2D eigenvalue weighted by molar-refractivity contribution is 5.95. The number of nitrogens with one attached hydrogen (secondary N) is 1. The van der Waals surface area contributed by atoms with E-state index >= 15 is 0 Å². The first-order valence-corrected chi connectivity index (χ1v) is 6.25. The molecule has 1 aliphatic rings. The molecular formula is C14H14F2N2O. The topological polar surface area (TPSA) is 52.9 Å². The number of benzene rings is 1. The minimum Gasteiger partial charge on any atom is -0.334 e. The molecule has 1 N–H and O–H groups in total. The van der Waals surface area contributed by atoms with Crippen LogP contribution in [-0.4, -0.2) is 11.4 Å². The van der Waals surface area contributed by atoms with Crippen molar-refractivity contribution in [3.8, 4) is 6.07 Å². The van der Waals surface area contributed by atoms with Gasteiger partial charge < -0.3 is 5.32 Å². The molecule has 1 saturated carbocycles. The van der Waals surface area contributed by atoms with E-state index in [9.17, 15) is 18.8 Å². The molecule has 0 heterocycles. The van der Waals surface area contributed by atoms with Gasteiger partial charge >= 0.3 is 0 Å². The van der Waals surface area contributed by atoms with Crippen molar-refractivity contribution in [1.82, 2.24) is 5.32 Å². The Morgan fingerprint density at radius 2 is 1.95 bits per heavy atom. The first kappa shape index (κ1) is 13.5. The average molecular weight is 264 g/mol. The fourth-order valence-corrected chi connectivity index (χ4v) is 2.38. The van der Waals surface area contributed by atoms with Crippen LogP contribution in [0.25, 0.3) is 0 Å². The van der Waals surface area contributed by atoms with Crippen LogP contribution in [0.1, 0.15) is 42.5 Å². The van der Waals surface area contributed by atoms with Crippen molar-refractivity contribution in [1.29, 1.82) is 5.26 Å². The zero-order valence-electron chi connectivity index (χ0n) is 10.4. The molecule has 19 heavy (non-hydrogen) atoms. The van der Waals surface area contributed by atoms with Gasteiger partial charge in [0.2, 0.25) is 0 Å². The van der Waals surface area contributed by atoms with Crippen molar-refractivity contribution in [3.63, 3.8) is 0 Å². The number of hydrogen-bond acceptors (Lipinski definition) is 2. The largest absolute Gasteiger partial charge is 0.334 e. The van der Waals surface area contributed by atoms with Crippen LogP contribution in [0.5, 0.6) is 0 Å². The van der Waals surface area contributed by atoms with Crippen LogP contribution in [0.4, 0.5) is 8.78 Å². The van der Waals surface area contributed by atoms with Gasteiger partial charge in [-0.25, -0.2) is 8.78 Å². The summed E-state index contributed by atoms with van der Waals surface area (Å²) in [5.74, 6) is -2.32. The van der Waals surface area contributed by atoms with Gasteiger partial charge in [0.1, 0.15) is 17.2 Å². The van der Waals surface area contributed by atoms with Crippen LogP contribution in [0.2, 0.25) is 0 Å². The Kier molecular flexibility index (Phi) is 3.79. The second-order valence-corrected chi connectivity index (χ2v) is 4.83. The lowest BCUT2D eigenvalue weighted by Gasteiger charge is -2.31. The summed E-state index contributed by atoms with van der Waals surface area (Å²) in [5, 5.41) is 11.8. The molecule has 1 fully saturated rings. The Bertz CT molecular complexity index is 531. The number of rotatable bonds is 2. The van der Waals surface area contributed by atoms with Gasteiger partial charge in [-0.05, 0) is 25.0 Å². The minimum atomic E-state index is -0.920. The molecule has 0 bridgehead atoms.